The van der Waals surface area contributed by atoms with Crippen molar-refractivity contribution in [1.82, 2.24) is 10.2 Å². The topological polar surface area (TPSA) is 111 Å². The summed E-state index contributed by atoms with van der Waals surface area (Å²) in [6.07, 6.45) is -0.378. The van der Waals surface area contributed by atoms with E-state index < -0.39 is 16.7 Å². The van der Waals surface area contributed by atoms with Gasteiger partial charge in [-0.3, -0.25) is 9.00 Å². The predicted octanol–water partition coefficient (Wildman–Crippen LogP) is 6.83. The molecule has 0 spiro atoms. The van der Waals surface area contributed by atoms with Gasteiger partial charge in [0.25, 0.3) is 5.91 Å². The normalized spacial score (nSPS) is 11.4. The summed E-state index contributed by atoms with van der Waals surface area (Å²) in [5.41, 5.74) is 5.13. The molecule has 0 aliphatic carbocycles. The summed E-state index contributed by atoms with van der Waals surface area (Å²) in [7, 11) is 4.78. The van der Waals surface area contributed by atoms with Crippen molar-refractivity contribution < 1.29 is 27.8 Å². The van der Waals surface area contributed by atoms with Gasteiger partial charge in [-0.15, -0.1) is 0 Å². The van der Waals surface area contributed by atoms with Crippen LogP contribution in [0, 0.1) is 6.92 Å². The molecule has 0 saturated carbocycles. The summed E-state index contributed by atoms with van der Waals surface area (Å²) < 4.78 is 32.9. The highest BCUT2D eigenvalue weighted by atomic mass is 32.2. The highest BCUT2D eigenvalue weighted by molar-refractivity contribution is 7.79. The minimum Gasteiger partial charge on any atom is -0.768 e. The molecule has 4 aromatic carbocycles. The molecular formula is C37H44N3O6S-. The average molecular weight is 659 g/mol. The van der Waals surface area contributed by atoms with E-state index in [0.717, 1.165) is 17.8 Å². The number of carbonyl (C=O) groups excluding carboxylic acids is 2. The number of nitrogens with one attached hydrogen (secondary N) is 1. The molecule has 47 heavy (non-hydrogen) atoms. The van der Waals surface area contributed by atoms with Crippen LogP contribution in [-0.4, -0.2) is 65.6 Å². The highest BCUT2D eigenvalue weighted by Crippen LogP contribution is 2.29. The van der Waals surface area contributed by atoms with Gasteiger partial charge < -0.3 is 29.1 Å². The second-order valence-corrected chi connectivity index (χ2v) is 13.0. The lowest BCUT2D eigenvalue weighted by Crippen LogP contribution is -2.38. The molecule has 0 heterocycles. The van der Waals surface area contributed by atoms with Crippen LogP contribution in [-0.2, 0) is 22.4 Å². The fourth-order valence-corrected chi connectivity index (χ4v) is 5.15. The lowest BCUT2D eigenvalue weighted by atomic mass is 10.0. The first kappa shape index (κ1) is 36.8. The van der Waals surface area contributed by atoms with Crippen LogP contribution in [0.1, 0.15) is 42.3 Å². The number of anilines is 1. The zero-order valence-electron chi connectivity index (χ0n) is 28.1. The fourth-order valence-electron chi connectivity index (χ4n) is 4.61. The first-order chi connectivity index (χ1) is 22.3. The van der Waals surface area contributed by atoms with Gasteiger partial charge in [0, 0.05) is 45.0 Å². The first-order valence-corrected chi connectivity index (χ1v) is 16.3. The Morgan fingerprint density at radius 2 is 1.55 bits per heavy atom. The molecule has 0 aliphatic heterocycles. The van der Waals surface area contributed by atoms with Gasteiger partial charge in [0.05, 0.1) is 12.0 Å². The maximum absolute atomic E-state index is 12.0. The first-order valence-electron chi connectivity index (χ1n) is 15.2. The fraction of sp³-hybridized carbons (Fsp3) is 0.297. The van der Waals surface area contributed by atoms with Crippen molar-refractivity contribution in [2.24, 2.45) is 0 Å². The summed E-state index contributed by atoms with van der Waals surface area (Å²) in [6.45, 7) is 9.69. The van der Waals surface area contributed by atoms with Crippen LogP contribution in [0.25, 0.3) is 11.1 Å². The van der Waals surface area contributed by atoms with Gasteiger partial charge in [0.2, 0.25) is 0 Å². The van der Waals surface area contributed by atoms with E-state index in [-0.39, 0.29) is 22.6 Å². The third-order valence-corrected chi connectivity index (χ3v) is 7.50. The van der Waals surface area contributed by atoms with Gasteiger partial charge in [-0.25, -0.2) is 4.79 Å². The predicted molar refractivity (Wildman–Crippen MR) is 187 cm³/mol. The van der Waals surface area contributed by atoms with Crippen LogP contribution in [0.3, 0.4) is 0 Å². The molecule has 4 aromatic rings. The molecule has 0 radical (unpaired) electrons. The molecule has 0 aromatic heterocycles. The van der Waals surface area contributed by atoms with Crippen molar-refractivity contribution in [1.29, 1.82) is 0 Å². The molecular weight excluding hydrogens is 614 g/mol. The summed E-state index contributed by atoms with van der Waals surface area (Å²) in [5.74, 6) is 0.181. The molecule has 250 valence electrons. The van der Waals surface area contributed by atoms with Crippen molar-refractivity contribution in [2.75, 3.05) is 39.2 Å². The summed E-state index contributed by atoms with van der Waals surface area (Å²) in [6, 6.07) is 30.7. The van der Waals surface area contributed by atoms with Crippen molar-refractivity contribution in [2.45, 2.75) is 44.7 Å². The van der Waals surface area contributed by atoms with Gasteiger partial charge in [-0.05, 0) is 97.4 Å². The Kier molecular flexibility index (Phi) is 13.5. The molecule has 0 fully saturated rings. The minimum atomic E-state index is -2.40. The Morgan fingerprint density at radius 3 is 2.17 bits per heavy atom. The van der Waals surface area contributed by atoms with Crippen LogP contribution >= 0.6 is 0 Å². The SMILES string of the molecule is COc1ccc(-c2cccc(C(=O)N(C)C)c2)cc1S(=O)[O-].Cc1cccc(N(CCNC(=O)OC(C)(C)C)Cc2ccccc2)c1. The zero-order valence-corrected chi connectivity index (χ0v) is 28.9. The smallest absolute Gasteiger partial charge is 0.407 e. The summed E-state index contributed by atoms with van der Waals surface area (Å²) >= 11 is -2.40. The lowest BCUT2D eigenvalue weighted by Gasteiger charge is -2.26. The quantitative estimate of drug-likeness (QED) is 0.186. The number of methoxy groups -OCH3 is 1. The third-order valence-electron chi connectivity index (χ3n) is 6.83. The van der Waals surface area contributed by atoms with E-state index in [1.807, 2.05) is 45.0 Å². The Bertz CT molecular complexity index is 1650. The van der Waals surface area contributed by atoms with Gasteiger partial charge in [0.15, 0.2) is 0 Å². The molecule has 2 amide bonds. The standard InChI is InChI=1S/C21H28N2O2.C16H17NO4S/c1-17-9-8-12-19(15-17)23(16-18-10-6-5-7-11-18)14-13-22-20(24)25-21(2,3)4;1-17(2)16(18)13-6-4-5-11(9-13)12-7-8-14(21-3)15(10-12)22(19)20/h5-12,15H,13-14,16H2,1-4H3,(H,22,24);4-10H,1-3H3,(H,19,20)/p-1. The number of amides is 2. The Balaban J connectivity index is 0.000000257. The van der Waals surface area contributed by atoms with E-state index in [0.29, 0.717) is 24.2 Å². The zero-order chi connectivity index (χ0) is 34.6. The van der Waals surface area contributed by atoms with Crippen molar-refractivity contribution in [3.05, 3.63) is 114 Å². The number of alkyl carbamates (subject to hydrolysis) is 1. The Labute approximate surface area is 280 Å². The molecule has 9 nitrogen and oxygen atoms in total. The van der Waals surface area contributed by atoms with E-state index in [1.165, 1.54) is 29.2 Å². The second-order valence-electron chi connectivity index (χ2n) is 12.1. The number of nitrogens with zero attached hydrogens (tertiary/aromatic N) is 2. The van der Waals surface area contributed by atoms with Crippen LogP contribution in [0.15, 0.2) is 102 Å². The average Bonchev–Trinajstić information content (AvgIpc) is 3.03. The molecule has 1 N–H and O–H groups in total. The van der Waals surface area contributed by atoms with E-state index in [2.05, 4.69) is 53.5 Å². The summed E-state index contributed by atoms with van der Waals surface area (Å²) in [5, 5.41) is 2.84. The Hall–Kier alpha value is -4.67. The Morgan fingerprint density at radius 1 is 0.872 bits per heavy atom. The van der Waals surface area contributed by atoms with Crippen molar-refractivity contribution >= 4 is 28.8 Å². The summed E-state index contributed by atoms with van der Waals surface area (Å²) in [4.78, 5) is 27.7. The van der Waals surface area contributed by atoms with Gasteiger partial charge in [0.1, 0.15) is 11.4 Å². The van der Waals surface area contributed by atoms with Crippen LogP contribution in [0.2, 0.25) is 0 Å². The van der Waals surface area contributed by atoms with Gasteiger partial charge in [-0.1, -0.05) is 60.7 Å². The van der Waals surface area contributed by atoms with E-state index in [1.54, 1.807) is 44.4 Å². The number of hydrogen-bond acceptors (Lipinski definition) is 7. The van der Waals surface area contributed by atoms with E-state index in [9.17, 15) is 18.4 Å². The largest absolute Gasteiger partial charge is 0.768 e. The van der Waals surface area contributed by atoms with Crippen molar-refractivity contribution in [3.8, 4) is 16.9 Å². The number of carbonyl (C=O) groups is 2. The van der Waals surface area contributed by atoms with E-state index >= 15 is 0 Å². The number of aryl methyl sites for hydroxylation is 1. The third kappa shape index (κ3) is 11.9. The van der Waals surface area contributed by atoms with Gasteiger partial charge in [-0.2, -0.15) is 0 Å². The second kappa shape index (κ2) is 17.3. The minimum absolute atomic E-state index is 0.0874. The molecule has 1 unspecified atom stereocenters. The number of rotatable bonds is 10. The van der Waals surface area contributed by atoms with Crippen molar-refractivity contribution in [3.63, 3.8) is 0 Å². The molecule has 10 heteroatoms. The highest BCUT2D eigenvalue weighted by Gasteiger charge is 2.16. The molecule has 0 bridgehead atoms. The van der Waals surface area contributed by atoms with E-state index in [4.69, 9.17) is 9.47 Å². The number of hydrogen-bond donors (Lipinski definition) is 1. The van der Waals surface area contributed by atoms with Gasteiger partial charge >= 0.3 is 6.09 Å². The van der Waals surface area contributed by atoms with Crippen LogP contribution in [0.5, 0.6) is 5.75 Å². The molecule has 1 atom stereocenters. The van der Waals surface area contributed by atoms with Crippen LogP contribution < -0.4 is 15.0 Å². The number of ether oxygens (including phenoxy) is 2. The molecule has 0 saturated heterocycles. The molecule has 4 rings (SSSR count). The maximum atomic E-state index is 12.0. The monoisotopic (exact) mass is 658 g/mol. The molecule has 0 aliphatic rings. The van der Waals surface area contributed by atoms with Crippen LogP contribution in [0.4, 0.5) is 10.5 Å². The lowest BCUT2D eigenvalue weighted by molar-refractivity contribution is 0.0529. The maximum Gasteiger partial charge on any atom is 0.407 e. The number of benzene rings is 4.